The summed E-state index contributed by atoms with van der Waals surface area (Å²) in [5, 5.41) is 0. The quantitative estimate of drug-likeness (QED) is 0.605. The lowest BCUT2D eigenvalue weighted by Gasteiger charge is -2.02. The smallest absolute Gasteiger partial charge is 0.216 e. The standard InChI is InChI=1S/C8H8FNO/c1-3-6-5-10-8(9)4-7(6)11-2/h3-5H,1H2,2H3. The molecule has 0 N–H and O–H groups in total. The number of halogens is 1. The van der Waals surface area contributed by atoms with Gasteiger partial charge in [0.15, 0.2) is 0 Å². The van der Waals surface area contributed by atoms with Crippen molar-refractivity contribution in [1.82, 2.24) is 4.98 Å². The van der Waals surface area contributed by atoms with Gasteiger partial charge in [-0.05, 0) is 0 Å². The zero-order valence-electron chi connectivity index (χ0n) is 6.17. The maximum absolute atomic E-state index is 12.4. The van der Waals surface area contributed by atoms with Crippen molar-refractivity contribution in [2.24, 2.45) is 0 Å². The average molecular weight is 153 g/mol. The molecule has 0 aliphatic rings. The highest BCUT2D eigenvalue weighted by atomic mass is 19.1. The van der Waals surface area contributed by atoms with Crippen LogP contribution >= 0.6 is 0 Å². The first-order valence-corrected chi connectivity index (χ1v) is 3.10. The Bertz CT molecular complexity index is 273. The van der Waals surface area contributed by atoms with E-state index in [1.807, 2.05) is 0 Å². The number of aromatic nitrogens is 1. The number of hydrogen-bond donors (Lipinski definition) is 0. The van der Waals surface area contributed by atoms with Gasteiger partial charge >= 0.3 is 0 Å². The molecular formula is C8H8FNO. The van der Waals surface area contributed by atoms with Crippen LogP contribution in [0.25, 0.3) is 6.08 Å². The molecule has 2 nitrogen and oxygen atoms in total. The molecule has 3 heteroatoms. The van der Waals surface area contributed by atoms with Crippen molar-refractivity contribution in [3.05, 3.63) is 30.4 Å². The molecule has 0 atom stereocenters. The molecular weight excluding hydrogens is 145 g/mol. The minimum atomic E-state index is -0.549. The molecule has 0 radical (unpaired) electrons. The largest absolute Gasteiger partial charge is 0.496 e. The zero-order valence-corrected chi connectivity index (χ0v) is 6.17. The van der Waals surface area contributed by atoms with Gasteiger partial charge in [0.25, 0.3) is 0 Å². The van der Waals surface area contributed by atoms with Crippen molar-refractivity contribution in [3.63, 3.8) is 0 Å². The van der Waals surface area contributed by atoms with Crippen molar-refractivity contribution in [2.45, 2.75) is 0 Å². The molecule has 1 aromatic rings. The van der Waals surface area contributed by atoms with Gasteiger partial charge in [-0.15, -0.1) is 0 Å². The first-order chi connectivity index (χ1) is 5.27. The summed E-state index contributed by atoms with van der Waals surface area (Å²) in [5.41, 5.74) is 0.689. The summed E-state index contributed by atoms with van der Waals surface area (Å²) in [5.74, 6) is -0.0973. The normalized spacial score (nSPS) is 9.27. The molecule has 0 unspecified atom stereocenters. The monoisotopic (exact) mass is 153 g/mol. The second kappa shape index (κ2) is 3.14. The SMILES string of the molecule is C=Cc1cnc(F)cc1OC. The minimum Gasteiger partial charge on any atom is -0.496 e. The van der Waals surface area contributed by atoms with Crippen LogP contribution < -0.4 is 4.74 Å². The molecule has 0 fully saturated rings. The third-order valence-corrected chi connectivity index (χ3v) is 1.30. The highest BCUT2D eigenvalue weighted by Gasteiger charge is 2.00. The molecule has 0 aromatic carbocycles. The average Bonchev–Trinajstić information content (AvgIpc) is 2.04. The zero-order chi connectivity index (χ0) is 8.27. The van der Waals surface area contributed by atoms with E-state index in [0.29, 0.717) is 11.3 Å². The Morgan fingerprint density at radius 3 is 3.00 bits per heavy atom. The lowest BCUT2D eigenvalue weighted by atomic mass is 10.2. The summed E-state index contributed by atoms with van der Waals surface area (Å²) < 4.78 is 17.3. The maximum Gasteiger partial charge on any atom is 0.216 e. The molecule has 1 heterocycles. The molecule has 0 amide bonds. The third kappa shape index (κ3) is 1.55. The van der Waals surface area contributed by atoms with Crippen molar-refractivity contribution >= 4 is 6.08 Å². The lowest BCUT2D eigenvalue weighted by Crippen LogP contribution is -1.90. The fraction of sp³-hybridized carbons (Fsp3) is 0.125. The predicted molar refractivity (Wildman–Crippen MR) is 40.8 cm³/mol. The van der Waals surface area contributed by atoms with Gasteiger partial charge in [-0.1, -0.05) is 12.7 Å². The van der Waals surface area contributed by atoms with E-state index in [2.05, 4.69) is 11.6 Å². The summed E-state index contributed by atoms with van der Waals surface area (Å²) in [7, 11) is 1.47. The number of rotatable bonds is 2. The summed E-state index contributed by atoms with van der Waals surface area (Å²) in [6.07, 6.45) is 2.94. The van der Waals surface area contributed by atoms with Crippen LogP contribution in [0, 0.1) is 5.95 Å². The second-order valence-electron chi connectivity index (χ2n) is 1.95. The van der Waals surface area contributed by atoms with Crippen LogP contribution in [0.2, 0.25) is 0 Å². The molecule has 1 rings (SSSR count). The lowest BCUT2D eigenvalue weighted by molar-refractivity contribution is 0.408. The Balaban J connectivity index is 3.16. The van der Waals surface area contributed by atoms with Crippen LogP contribution in [0.3, 0.4) is 0 Å². The van der Waals surface area contributed by atoms with Gasteiger partial charge in [-0.25, -0.2) is 4.98 Å². The summed E-state index contributed by atoms with van der Waals surface area (Å²) >= 11 is 0. The van der Waals surface area contributed by atoms with Crippen LogP contribution in [0.15, 0.2) is 18.8 Å². The topological polar surface area (TPSA) is 22.1 Å². The van der Waals surface area contributed by atoms with E-state index in [1.165, 1.54) is 19.4 Å². The van der Waals surface area contributed by atoms with E-state index >= 15 is 0 Å². The van der Waals surface area contributed by atoms with E-state index in [1.54, 1.807) is 6.08 Å². The van der Waals surface area contributed by atoms with E-state index in [-0.39, 0.29) is 0 Å². The molecule has 0 bridgehead atoms. The Kier molecular flexibility index (Phi) is 2.21. The van der Waals surface area contributed by atoms with Crippen LogP contribution in [0.4, 0.5) is 4.39 Å². The van der Waals surface area contributed by atoms with Crippen molar-refractivity contribution < 1.29 is 9.13 Å². The van der Waals surface area contributed by atoms with Crippen LogP contribution in [-0.2, 0) is 0 Å². The predicted octanol–water partition coefficient (Wildman–Crippen LogP) is 1.87. The van der Waals surface area contributed by atoms with Gasteiger partial charge < -0.3 is 4.74 Å². The molecule has 0 saturated carbocycles. The Labute approximate surface area is 64.3 Å². The maximum atomic E-state index is 12.4. The van der Waals surface area contributed by atoms with Crippen molar-refractivity contribution in [2.75, 3.05) is 7.11 Å². The highest BCUT2D eigenvalue weighted by molar-refractivity contribution is 5.53. The molecule has 0 spiro atoms. The number of ether oxygens (including phenoxy) is 1. The van der Waals surface area contributed by atoms with Gasteiger partial charge in [0.1, 0.15) is 5.75 Å². The van der Waals surface area contributed by atoms with E-state index < -0.39 is 5.95 Å². The first kappa shape index (κ1) is 7.72. The number of pyridine rings is 1. The van der Waals surface area contributed by atoms with Crippen LogP contribution in [0.1, 0.15) is 5.56 Å². The van der Waals surface area contributed by atoms with Gasteiger partial charge in [-0.3, -0.25) is 0 Å². The molecule has 0 saturated heterocycles. The molecule has 0 aliphatic heterocycles. The first-order valence-electron chi connectivity index (χ1n) is 3.10. The summed E-state index contributed by atoms with van der Waals surface area (Å²) in [6, 6.07) is 1.22. The minimum absolute atomic E-state index is 0.451. The number of nitrogens with zero attached hydrogens (tertiary/aromatic N) is 1. The van der Waals surface area contributed by atoms with Crippen molar-refractivity contribution in [1.29, 1.82) is 0 Å². The Morgan fingerprint density at radius 1 is 1.73 bits per heavy atom. The van der Waals surface area contributed by atoms with Crippen LogP contribution in [-0.4, -0.2) is 12.1 Å². The molecule has 58 valence electrons. The molecule has 1 aromatic heterocycles. The second-order valence-corrected chi connectivity index (χ2v) is 1.95. The van der Waals surface area contributed by atoms with Gasteiger partial charge in [0, 0.05) is 17.8 Å². The number of hydrogen-bond acceptors (Lipinski definition) is 2. The van der Waals surface area contributed by atoms with Crippen molar-refractivity contribution in [3.8, 4) is 5.75 Å². The van der Waals surface area contributed by atoms with Crippen LogP contribution in [0.5, 0.6) is 5.75 Å². The fourth-order valence-electron chi connectivity index (χ4n) is 0.754. The van der Waals surface area contributed by atoms with E-state index in [4.69, 9.17) is 4.74 Å². The third-order valence-electron chi connectivity index (χ3n) is 1.30. The van der Waals surface area contributed by atoms with E-state index in [9.17, 15) is 4.39 Å². The number of methoxy groups -OCH3 is 1. The van der Waals surface area contributed by atoms with Gasteiger partial charge in [0.05, 0.1) is 7.11 Å². The Morgan fingerprint density at radius 2 is 2.45 bits per heavy atom. The fourth-order valence-corrected chi connectivity index (χ4v) is 0.754. The van der Waals surface area contributed by atoms with E-state index in [0.717, 1.165) is 0 Å². The van der Waals surface area contributed by atoms with Gasteiger partial charge in [0.2, 0.25) is 5.95 Å². The summed E-state index contributed by atoms with van der Waals surface area (Å²) in [4.78, 5) is 3.44. The summed E-state index contributed by atoms with van der Waals surface area (Å²) in [6.45, 7) is 3.53. The van der Waals surface area contributed by atoms with Gasteiger partial charge in [-0.2, -0.15) is 4.39 Å². The molecule has 11 heavy (non-hydrogen) atoms. The Hall–Kier alpha value is -1.38. The molecule has 0 aliphatic carbocycles. The highest BCUT2D eigenvalue weighted by Crippen LogP contribution is 2.17.